The maximum absolute atomic E-state index is 12.2. The van der Waals surface area contributed by atoms with Crippen molar-refractivity contribution in [2.45, 2.75) is 0 Å². The van der Waals surface area contributed by atoms with Crippen molar-refractivity contribution in [1.82, 2.24) is 4.90 Å². The van der Waals surface area contributed by atoms with Gasteiger partial charge in [-0.25, -0.2) is 0 Å². The smallest absolute Gasteiger partial charge is 0.238 e. The van der Waals surface area contributed by atoms with E-state index < -0.39 is 0 Å². The molecular weight excluding hydrogens is 332 g/mol. The minimum Gasteiger partial charge on any atom is -0.490 e. The molecule has 0 saturated carbocycles. The summed E-state index contributed by atoms with van der Waals surface area (Å²) in [5.74, 6) is 1.49. The van der Waals surface area contributed by atoms with Gasteiger partial charge in [-0.3, -0.25) is 9.69 Å². The second-order valence-electron chi connectivity index (χ2n) is 5.97. The van der Waals surface area contributed by atoms with Crippen LogP contribution in [0.25, 0.3) is 0 Å². The van der Waals surface area contributed by atoms with Crippen molar-refractivity contribution in [2.24, 2.45) is 0 Å². The van der Waals surface area contributed by atoms with Crippen LogP contribution in [0.4, 0.5) is 5.69 Å². The van der Waals surface area contributed by atoms with E-state index in [0.29, 0.717) is 38.7 Å². The number of carbonyl (C=O) groups is 1. The van der Waals surface area contributed by atoms with Crippen LogP contribution in [0.5, 0.6) is 11.5 Å². The van der Waals surface area contributed by atoms with Crippen molar-refractivity contribution >= 4 is 11.6 Å². The van der Waals surface area contributed by atoms with Gasteiger partial charge >= 0.3 is 0 Å². The van der Waals surface area contributed by atoms with Crippen molar-refractivity contribution in [1.29, 1.82) is 0 Å². The van der Waals surface area contributed by atoms with Gasteiger partial charge < -0.3 is 19.5 Å². The Morgan fingerprint density at radius 3 is 2.42 bits per heavy atom. The van der Waals surface area contributed by atoms with Gasteiger partial charge in [-0.05, 0) is 24.3 Å². The number of ether oxygens (including phenoxy) is 3. The Balaban J connectivity index is 1.41. The first-order chi connectivity index (χ1) is 12.8. The predicted molar refractivity (Wildman–Crippen MR) is 99.8 cm³/mol. The topological polar surface area (TPSA) is 60.0 Å². The normalized spacial score (nSPS) is 14.6. The van der Waals surface area contributed by atoms with Crippen molar-refractivity contribution in [3.63, 3.8) is 0 Å². The molecule has 1 fully saturated rings. The summed E-state index contributed by atoms with van der Waals surface area (Å²) in [6.45, 7) is 4.20. The number of hydrogen-bond donors (Lipinski definition) is 1. The zero-order chi connectivity index (χ0) is 18.0. The summed E-state index contributed by atoms with van der Waals surface area (Å²) in [6, 6.07) is 17.0. The first kappa shape index (κ1) is 18.2. The summed E-state index contributed by atoms with van der Waals surface area (Å²) in [4.78, 5) is 14.2. The number of para-hydroxylation sites is 1. The number of hydrogen-bond acceptors (Lipinski definition) is 5. The van der Waals surface area contributed by atoms with Crippen LogP contribution in [-0.2, 0) is 9.53 Å². The van der Waals surface area contributed by atoms with E-state index in [2.05, 4.69) is 10.2 Å². The van der Waals surface area contributed by atoms with Gasteiger partial charge in [0.25, 0.3) is 0 Å². The second-order valence-corrected chi connectivity index (χ2v) is 5.97. The zero-order valence-electron chi connectivity index (χ0n) is 14.7. The summed E-state index contributed by atoms with van der Waals surface area (Å²) < 4.78 is 16.6. The average molecular weight is 356 g/mol. The number of nitrogens with one attached hydrogen (secondary N) is 1. The van der Waals surface area contributed by atoms with Crippen LogP contribution in [0.2, 0.25) is 0 Å². The summed E-state index contributed by atoms with van der Waals surface area (Å²) in [5.41, 5.74) is 0.727. The van der Waals surface area contributed by atoms with E-state index in [1.54, 1.807) is 0 Å². The standard InChI is InChI=1S/C20H24N2O4/c23-20(16-22-9-11-24-12-10-22)21-17-5-4-8-19(15-17)26-14-13-25-18-6-2-1-3-7-18/h1-8,15H,9-14,16H2,(H,21,23). The van der Waals surface area contributed by atoms with Crippen LogP contribution >= 0.6 is 0 Å². The van der Waals surface area contributed by atoms with Gasteiger partial charge in [0.05, 0.1) is 19.8 Å². The van der Waals surface area contributed by atoms with Gasteiger partial charge in [0, 0.05) is 24.8 Å². The third-order valence-corrected chi connectivity index (χ3v) is 3.95. The fraction of sp³-hybridized carbons (Fsp3) is 0.350. The Bertz CT molecular complexity index is 687. The number of anilines is 1. The van der Waals surface area contributed by atoms with Crippen molar-refractivity contribution in [3.8, 4) is 11.5 Å². The molecule has 0 bridgehead atoms. The summed E-state index contributed by atoms with van der Waals surface area (Å²) in [6.07, 6.45) is 0. The quantitative estimate of drug-likeness (QED) is 0.736. The largest absolute Gasteiger partial charge is 0.490 e. The molecule has 0 aliphatic carbocycles. The molecule has 1 heterocycles. The number of amides is 1. The average Bonchev–Trinajstić information content (AvgIpc) is 2.67. The number of nitrogens with zero attached hydrogens (tertiary/aromatic N) is 1. The minimum absolute atomic E-state index is 0.0311. The molecular formula is C20H24N2O4. The van der Waals surface area contributed by atoms with Gasteiger partial charge in [-0.2, -0.15) is 0 Å². The summed E-state index contributed by atoms with van der Waals surface area (Å²) >= 11 is 0. The van der Waals surface area contributed by atoms with Gasteiger partial charge in [0.1, 0.15) is 24.7 Å². The Morgan fingerprint density at radius 1 is 0.962 bits per heavy atom. The molecule has 1 N–H and O–H groups in total. The monoisotopic (exact) mass is 356 g/mol. The molecule has 6 nitrogen and oxygen atoms in total. The SMILES string of the molecule is O=C(CN1CCOCC1)Nc1cccc(OCCOc2ccccc2)c1. The first-order valence-electron chi connectivity index (χ1n) is 8.80. The molecule has 1 aliphatic heterocycles. The molecule has 1 amide bonds. The minimum atomic E-state index is -0.0311. The molecule has 0 unspecified atom stereocenters. The number of morpholine rings is 1. The third kappa shape index (κ3) is 6.06. The van der Waals surface area contributed by atoms with Crippen LogP contribution in [0.3, 0.4) is 0 Å². The molecule has 1 saturated heterocycles. The Kier molecular flexibility index (Phi) is 6.87. The van der Waals surface area contributed by atoms with Crippen LogP contribution in [0.15, 0.2) is 54.6 Å². The van der Waals surface area contributed by atoms with E-state index >= 15 is 0 Å². The highest BCUT2D eigenvalue weighted by molar-refractivity contribution is 5.92. The van der Waals surface area contributed by atoms with E-state index in [9.17, 15) is 4.79 Å². The molecule has 138 valence electrons. The molecule has 6 heteroatoms. The number of rotatable bonds is 8. The van der Waals surface area contributed by atoms with Gasteiger partial charge in [-0.15, -0.1) is 0 Å². The maximum atomic E-state index is 12.2. The fourth-order valence-corrected chi connectivity index (χ4v) is 2.66. The molecule has 0 aromatic heterocycles. The highest BCUT2D eigenvalue weighted by Gasteiger charge is 2.14. The van der Waals surface area contributed by atoms with E-state index in [1.807, 2.05) is 54.6 Å². The lowest BCUT2D eigenvalue weighted by Gasteiger charge is -2.25. The molecule has 3 rings (SSSR count). The molecule has 26 heavy (non-hydrogen) atoms. The van der Waals surface area contributed by atoms with Gasteiger partial charge in [0.2, 0.25) is 5.91 Å². The highest BCUT2D eigenvalue weighted by Crippen LogP contribution is 2.17. The second kappa shape index (κ2) is 9.79. The molecule has 0 atom stereocenters. The lowest BCUT2D eigenvalue weighted by Crippen LogP contribution is -2.41. The number of benzene rings is 2. The lowest BCUT2D eigenvalue weighted by atomic mass is 10.3. The Labute approximate surface area is 153 Å². The molecule has 0 spiro atoms. The van der Waals surface area contributed by atoms with Crippen LogP contribution in [0.1, 0.15) is 0 Å². The summed E-state index contributed by atoms with van der Waals surface area (Å²) in [7, 11) is 0. The summed E-state index contributed by atoms with van der Waals surface area (Å²) in [5, 5.41) is 2.91. The van der Waals surface area contributed by atoms with Crippen LogP contribution < -0.4 is 14.8 Å². The number of carbonyl (C=O) groups excluding carboxylic acids is 1. The van der Waals surface area contributed by atoms with E-state index in [-0.39, 0.29) is 5.91 Å². The molecule has 2 aromatic carbocycles. The lowest BCUT2D eigenvalue weighted by molar-refractivity contribution is -0.118. The maximum Gasteiger partial charge on any atom is 0.238 e. The molecule has 1 aliphatic rings. The zero-order valence-corrected chi connectivity index (χ0v) is 14.7. The fourth-order valence-electron chi connectivity index (χ4n) is 2.66. The first-order valence-corrected chi connectivity index (χ1v) is 8.80. The Hall–Kier alpha value is -2.57. The third-order valence-electron chi connectivity index (χ3n) is 3.95. The molecule has 0 radical (unpaired) electrons. The van der Waals surface area contributed by atoms with E-state index in [4.69, 9.17) is 14.2 Å². The van der Waals surface area contributed by atoms with E-state index in [0.717, 1.165) is 24.5 Å². The van der Waals surface area contributed by atoms with Crippen molar-refractivity contribution in [2.75, 3.05) is 51.4 Å². The van der Waals surface area contributed by atoms with Crippen molar-refractivity contribution in [3.05, 3.63) is 54.6 Å². The molecule has 2 aromatic rings. The Morgan fingerprint density at radius 2 is 1.65 bits per heavy atom. The van der Waals surface area contributed by atoms with Crippen LogP contribution in [0, 0.1) is 0 Å². The van der Waals surface area contributed by atoms with Gasteiger partial charge in [-0.1, -0.05) is 24.3 Å². The highest BCUT2D eigenvalue weighted by atomic mass is 16.5. The van der Waals surface area contributed by atoms with Crippen molar-refractivity contribution < 1.29 is 19.0 Å². The predicted octanol–water partition coefficient (Wildman–Crippen LogP) is 2.42. The van der Waals surface area contributed by atoms with E-state index in [1.165, 1.54) is 0 Å². The van der Waals surface area contributed by atoms with Crippen LogP contribution in [-0.4, -0.2) is 56.9 Å². The van der Waals surface area contributed by atoms with Gasteiger partial charge in [0.15, 0.2) is 0 Å².